The molecule has 2 rings (SSSR count). The van der Waals surface area contributed by atoms with Gasteiger partial charge in [-0.15, -0.1) is 0 Å². The SMILES string of the molecule is CCc1c(C(C)(C)C)c(C(C)(C)C)c2cc[nH]n2c1=O. The Hall–Kier alpha value is -1.51. The first-order valence-electron chi connectivity index (χ1n) is 7.35. The predicted molar refractivity (Wildman–Crippen MR) is 84.8 cm³/mol. The Bertz CT molecular complexity index is 691. The lowest BCUT2D eigenvalue weighted by molar-refractivity contribution is 0.523. The van der Waals surface area contributed by atoms with Crippen molar-refractivity contribution in [3.63, 3.8) is 0 Å². The van der Waals surface area contributed by atoms with Crippen molar-refractivity contribution in [2.45, 2.75) is 65.7 Å². The van der Waals surface area contributed by atoms with Crippen LogP contribution < -0.4 is 5.56 Å². The minimum absolute atomic E-state index is 0.00627. The van der Waals surface area contributed by atoms with Gasteiger partial charge in [-0.3, -0.25) is 9.89 Å². The smallest absolute Gasteiger partial charge is 0.273 e. The van der Waals surface area contributed by atoms with E-state index in [1.165, 1.54) is 11.1 Å². The lowest BCUT2D eigenvalue weighted by Gasteiger charge is -2.32. The van der Waals surface area contributed by atoms with Crippen molar-refractivity contribution < 1.29 is 0 Å². The first-order valence-corrected chi connectivity index (χ1v) is 7.35. The van der Waals surface area contributed by atoms with Crippen LogP contribution >= 0.6 is 0 Å². The van der Waals surface area contributed by atoms with Crippen molar-refractivity contribution in [2.24, 2.45) is 0 Å². The van der Waals surface area contributed by atoms with Crippen LogP contribution in [-0.4, -0.2) is 9.61 Å². The van der Waals surface area contributed by atoms with Crippen LogP contribution in [-0.2, 0) is 17.3 Å². The van der Waals surface area contributed by atoms with E-state index in [9.17, 15) is 4.79 Å². The average Bonchev–Trinajstić information content (AvgIpc) is 2.74. The van der Waals surface area contributed by atoms with E-state index < -0.39 is 0 Å². The molecule has 0 fully saturated rings. The zero-order valence-corrected chi connectivity index (χ0v) is 13.7. The van der Waals surface area contributed by atoms with Crippen LogP contribution in [0.4, 0.5) is 0 Å². The van der Waals surface area contributed by atoms with Gasteiger partial charge in [0.05, 0.1) is 5.52 Å². The highest BCUT2D eigenvalue weighted by Gasteiger charge is 2.31. The van der Waals surface area contributed by atoms with Gasteiger partial charge in [-0.1, -0.05) is 48.5 Å². The third kappa shape index (κ3) is 2.19. The number of hydrogen-bond donors (Lipinski definition) is 1. The van der Waals surface area contributed by atoms with E-state index in [-0.39, 0.29) is 16.4 Å². The van der Waals surface area contributed by atoms with E-state index in [2.05, 4.69) is 53.6 Å². The lowest BCUT2D eigenvalue weighted by Crippen LogP contribution is -2.32. The van der Waals surface area contributed by atoms with Crippen molar-refractivity contribution in [1.82, 2.24) is 9.61 Å². The molecular formula is C17H26N2O. The molecule has 0 bridgehead atoms. The molecule has 0 saturated heterocycles. The van der Waals surface area contributed by atoms with E-state index >= 15 is 0 Å². The van der Waals surface area contributed by atoms with Crippen LogP contribution in [0.1, 0.15) is 65.2 Å². The molecule has 20 heavy (non-hydrogen) atoms. The number of aromatic amines is 1. The Morgan fingerprint density at radius 2 is 1.60 bits per heavy atom. The molecule has 2 aromatic heterocycles. The number of nitrogens with one attached hydrogen (secondary N) is 1. The fraction of sp³-hybridized carbons (Fsp3) is 0.588. The van der Waals surface area contributed by atoms with Gasteiger partial charge in [0.25, 0.3) is 5.56 Å². The monoisotopic (exact) mass is 274 g/mol. The summed E-state index contributed by atoms with van der Waals surface area (Å²) in [5, 5.41) is 3.06. The second-order valence-electron chi connectivity index (χ2n) is 7.57. The van der Waals surface area contributed by atoms with Crippen molar-refractivity contribution in [1.29, 1.82) is 0 Å². The number of aromatic nitrogens is 2. The summed E-state index contributed by atoms with van der Waals surface area (Å²) in [6, 6.07) is 2.01. The van der Waals surface area contributed by atoms with Gasteiger partial charge in [0, 0.05) is 11.8 Å². The minimum atomic E-state index is -0.0425. The van der Waals surface area contributed by atoms with Crippen molar-refractivity contribution >= 4 is 5.52 Å². The molecular weight excluding hydrogens is 248 g/mol. The molecule has 1 N–H and O–H groups in total. The summed E-state index contributed by atoms with van der Waals surface area (Å²) in [5.41, 5.74) is 4.48. The maximum absolute atomic E-state index is 12.7. The van der Waals surface area contributed by atoms with Gasteiger partial charge in [-0.2, -0.15) is 0 Å². The third-order valence-electron chi connectivity index (χ3n) is 3.81. The van der Waals surface area contributed by atoms with Crippen molar-refractivity contribution in [3.05, 3.63) is 39.3 Å². The molecule has 0 aliphatic heterocycles. The maximum Gasteiger partial charge on any atom is 0.273 e. The summed E-state index contributed by atoms with van der Waals surface area (Å²) < 4.78 is 1.69. The van der Waals surface area contributed by atoms with Gasteiger partial charge in [0.2, 0.25) is 0 Å². The van der Waals surface area contributed by atoms with Crippen LogP contribution in [0.2, 0.25) is 0 Å². The molecule has 110 valence electrons. The molecule has 2 aromatic rings. The summed E-state index contributed by atoms with van der Waals surface area (Å²) in [6.07, 6.45) is 2.61. The zero-order chi connectivity index (χ0) is 15.3. The molecule has 0 aliphatic carbocycles. The zero-order valence-electron chi connectivity index (χ0n) is 13.7. The van der Waals surface area contributed by atoms with Crippen LogP contribution in [0.15, 0.2) is 17.1 Å². The molecule has 0 unspecified atom stereocenters. The Morgan fingerprint density at radius 1 is 1.05 bits per heavy atom. The van der Waals surface area contributed by atoms with Gasteiger partial charge in [-0.25, -0.2) is 4.52 Å². The lowest BCUT2D eigenvalue weighted by atomic mass is 9.73. The van der Waals surface area contributed by atoms with E-state index in [1.807, 2.05) is 12.3 Å². The van der Waals surface area contributed by atoms with E-state index in [0.717, 1.165) is 17.5 Å². The summed E-state index contributed by atoms with van der Waals surface area (Å²) >= 11 is 0. The third-order valence-corrected chi connectivity index (χ3v) is 3.81. The molecule has 0 aliphatic rings. The standard InChI is InChI=1S/C17H26N2O/c1-8-11-13(16(2,3)4)14(17(5,6)7)12-9-10-18-19(12)15(11)20/h9-10,18H,8H2,1-7H3. The van der Waals surface area contributed by atoms with Gasteiger partial charge in [0.1, 0.15) is 0 Å². The molecule has 0 aromatic carbocycles. The highest BCUT2D eigenvalue weighted by atomic mass is 16.1. The summed E-state index contributed by atoms with van der Waals surface area (Å²) in [7, 11) is 0. The Morgan fingerprint density at radius 3 is 2.05 bits per heavy atom. The molecule has 2 heterocycles. The number of rotatable bonds is 1. The number of H-pyrrole nitrogens is 1. The molecule has 0 saturated carbocycles. The molecule has 3 heteroatoms. The predicted octanol–water partition coefficient (Wildman–Crippen LogP) is 3.79. The summed E-state index contributed by atoms with van der Waals surface area (Å²) in [6.45, 7) is 15.3. The molecule has 0 amide bonds. The first-order chi connectivity index (χ1) is 9.09. The van der Waals surface area contributed by atoms with Gasteiger partial charge in [-0.05, 0) is 34.4 Å². The fourth-order valence-electron chi connectivity index (χ4n) is 3.13. The fourth-order valence-corrected chi connectivity index (χ4v) is 3.13. The van der Waals surface area contributed by atoms with E-state index in [1.54, 1.807) is 4.52 Å². The highest BCUT2D eigenvalue weighted by Crippen LogP contribution is 2.37. The Balaban J connectivity index is 3.10. The quantitative estimate of drug-likeness (QED) is 0.844. The minimum Gasteiger partial charge on any atom is -0.298 e. The van der Waals surface area contributed by atoms with Gasteiger partial charge < -0.3 is 0 Å². The van der Waals surface area contributed by atoms with Gasteiger partial charge in [0.15, 0.2) is 0 Å². The second kappa shape index (κ2) is 4.51. The topological polar surface area (TPSA) is 37.3 Å². The van der Waals surface area contributed by atoms with Gasteiger partial charge >= 0.3 is 0 Å². The Kier molecular flexibility index (Phi) is 3.35. The average molecular weight is 274 g/mol. The molecule has 3 nitrogen and oxygen atoms in total. The van der Waals surface area contributed by atoms with Crippen LogP contribution in [0.3, 0.4) is 0 Å². The molecule has 0 spiro atoms. The number of pyridine rings is 1. The largest absolute Gasteiger partial charge is 0.298 e. The van der Waals surface area contributed by atoms with Crippen molar-refractivity contribution in [2.75, 3.05) is 0 Å². The van der Waals surface area contributed by atoms with E-state index in [4.69, 9.17) is 0 Å². The van der Waals surface area contributed by atoms with Crippen molar-refractivity contribution in [3.8, 4) is 0 Å². The first kappa shape index (κ1) is 14.9. The summed E-state index contributed by atoms with van der Waals surface area (Å²) in [4.78, 5) is 12.7. The second-order valence-corrected chi connectivity index (χ2v) is 7.57. The maximum atomic E-state index is 12.7. The number of nitrogens with zero attached hydrogens (tertiary/aromatic N) is 1. The molecule has 0 radical (unpaired) electrons. The highest BCUT2D eigenvalue weighted by molar-refractivity contribution is 5.63. The van der Waals surface area contributed by atoms with Crippen LogP contribution in [0, 0.1) is 0 Å². The number of hydrogen-bond acceptors (Lipinski definition) is 1. The Labute approximate surface area is 121 Å². The van der Waals surface area contributed by atoms with E-state index in [0.29, 0.717) is 0 Å². The molecule has 0 atom stereocenters. The van der Waals surface area contributed by atoms with Crippen LogP contribution in [0.25, 0.3) is 5.52 Å². The summed E-state index contributed by atoms with van der Waals surface area (Å²) in [5.74, 6) is 0. The van der Waals surface area contributed by atoms with Crippen LogP contribution in [0.5, 0.6) is 0 Å². The number of fused-ring (bicyclic) bond motifs is 1. The normalized spacial score (nSPS) is 13.2.